The molecular formula is C13H8BrF2NO2. The molecule has 0 saturated carbocycles. The fourth-order valence-electron chi connectivity index (χ4n) is 1.70. The van der Waals surface area contributed by atoms with Crippen molar-refractivity contribution in [1.82, 2.24) is 4.98 Å². The van der Waals surface area contributed by atoms with Gasteiger partial charge in [-0.05, 0) is 39.7 Å². The monoisotopic (exact) mass is 327 g/mol. The molecule has 1 heterocycles. The Hall–Kier alpha value is -1.82. The third-order valence-electron chi connectivity index (χ3n) is 2.59. The first-order chi connectivity index (χ1) is 9.08. The number of rotatable bonds is 3. The van der Waals surface area contributed by atoms with Crippen LogP contribution in [0.25, 0.3) is 11.1 Å². The second kappa shape index (κ2) is 5.44. The van der Waals surface area contributed by atoms with Crippen molar-refractivity contribution in [3.63, 3.8) is 0 Å². The van der Waals surface area contributed by atoms with Gasteiger partial charge in [-0.3, -0.25) is 4.79 Å². The lowest BCUT2D eigenvalue weighted by atomic mass is 10.00. The molecule has 1 aromatic heterocycles. The van der Waals surface area contributed by atoms with E-state index in [0.29, 0.717) is 10.9 Å². The molecule has 3 nitrogen and oxygen atoms in total. The highest BCUT2D eigenvalue weighted by Crippen LogP contribution is 2.32. The number of hydrogen-bond acceptors (Lipinski definition) is 3. The molecule has 6 heteroatoms. The van der Waals surface area contributed by atoms with Crippen LogP contribution in [-0.4, -0.2) is 18.4 Å². The Labute approximate surface area is 116 Å². The van der Waals surface area contributed by atoms with E-state index in [1.807, 2.05) is 0 Å². The lowest BCUT2D eigenvalue weighted by Crippen LogP contribution is -1.99. The van der Waals surface area contributed by atoms with Gasteiger partial charge in [0.1, 0.15) is 10.4 Å². The van der Waals surface area contributed by atoms with Crippen molar-refractivity contribution in [2.75, 3.05) is 7.11 Å². The molecule has 2 rings (SSSR count). The average Bonchev–Trinajstić information content (AvgIpc) is 2.41. The maximum absolute atomic E-state index is 13.9. The van der Waals surface area contributed by atoms with Gasteiger partial charge in [-0.25, -0.2) is 13.8 Å². The van der Waals surface area contributed by atoms with Gasteiger partial charge in [0.05, 0.1) is 18.9 Å². The first kappa shape index (κ1) is 13.6. The van der Waals surface area contributed by atoms with Crippen molar-refractivity contribution in [3.05, 3.63) is 46.2 Å². The van der Waals surface area contributed by atoms with Crippen LogP contribution in [0.5, 0.6) is 5.75 Å². The SMILES string of the molecule is COc1ccc(-c2cc(Br)ncc2F)c(C=O)c1F. The summed E-state index contributed by atoms with van der Waals surface area (Å²) in [5.74, 6) is -1.53. The van der Waals surface area contributed by atoms with E-state index in [1.54, 1.807) is 0 Å². The third kappa shape index (κ3) is 2.49. The number of aldehydes is 1. The lowest BCUT2D eigenvalue weighted by Gasteiger charge is -2.10. The van der Waals surface area contributed by atoms with Gasteiger partial charge >= 0.3 is 0 Å². The number of methoxy groups -OCH3 is 1. The molecule has 1 aromatic carbocycles. The van der Waals surface area contributed by atoms with E-state index in [2.05, 4.69) is 20.9 Å². The third-order valence-corrected chi connectivity index (χ3v) is 3.03. The van der Waals surface area contributed by atoms with E-state index in [1.165, 1.54) is 25.3 Å². The summed E-state index contributed by atoms with van der Waals surface area (Å²) in [4.78, 5) is 14.8. The van der Waals surface area contributed by atoms with Crippen LogP contribution in [0.2, 0.25) is 0 Å². The maximum atomic E-state index is 13.9. The summed E-state index contributed by atoms with van der Waals surface area (Å²) in [6.07, 6.45) is 1.33. The summed E-state index contributed by atoms with van der Waals surface area (Å²) in [5.41, 5.74) is -0.0178. The Kier molecular flexibility index (Phi) is 3.90. The molecule has 0 bridgehead atoms. The van der Waals surface area contributed by atoms with Crippen molar-refractivity contribution in [1.29, 1.82) is 0 Å². The summed E-state index contributed by atoms with van der Waals surface area (Å²) >= 11 is 3.10. The minimum atomic E-state index is -0.817. The fourth-order valence-corrected chi connectivity index (χ4v) is 2.03. The summed E-state index contributed by atoms with van der Waals surface area (Å²) in [7, 11) is 1.29. The molecule has 2 aromatic rings. The Morgan fingerprint density at radius 2 is 2.05 bits per heavy atom. The van der Waals surface area contributed by atoms with Crippen LogP contribution in [0.4, 0.5) is 8.78 Å². The van der Waals surface area contributed by atoms with Crippen LogP contribution in [0.3, 0.4) is 0 Å². The summed E-state index contributed by atoms with van der Waals surface area (Å²) < 4.78 is 32.8. The molecular weight excluding hydrogens is 320 g/mol. The van der Waals surface area contributed by atoms with E-state index in [4.69, 9.17) is 4.74 Å². The Balaban J connectivity index is 2.72. The largest absolute Gasteiger partial charge is 0.494 e. The molecule has 98 valence electrons. The smallest absolute Gasteiger partial charge is 0.176 e. The molecule has 0 radical (unpaired) electrons. The van der Waals surface area contributed by atoms with Gasteiger partial charge in [0.2, 0.25) is 0 Å². The molecule has 0 spiro atoms. The molecule has 0 saturated heterocycles. The lowest BCUT2D eigenvalue weighted by molar-refractivity contribution is 0.111. The first-order valence-corrected chi connectivity index (χ1v) is 6.01. The van der Waals surface area contributed by atoms with Crippen molar-refractivity contribution in [2.45, 2.75) is 0 Å². The minimum Gasteiger partial charge on any atom is -0.494 e. The predicted molar refractivity (Wildman–Crippen MR) is 69.2 cm³/mol. The van der Waals surface area contributed by atoms with Crippen LogP contribution >= 0.6 is 15.9 Å². The molecule has 0 unspecified atom stereocenters. The Bertz CT molecular complexity index is 647. The van der Waals surface area contributed by atoms with Crippen molar-refractivity contribution < 1.29 is 18.3 Å². The molecule has 0 atom stereocenters. The standard InChI is InChI=1S/C13H8BrF2NO2/c1-19-11-3-2-7(9(6-18)13(11)16)8-4-12(14)17-5-10(8)15/h2-6H,1H3. The zero-order chi connectivity index (χ0) is 14.0. The number of benzene rings is 1. The van der Waals surface area contributed by atoms with Crippen molar-refractivity contribution in [3.8, 4) is 16.9 Å². The number of aromatic nitrogens is 1. The van der Waals surface area contributed by atoms with Crippen LogP contribution in [0.15, 0.2) is 29.0 Å². The molecule has 0 aliphatic heterocycles. The maximum Gasteiger partial charge on any atom is 0.176 e. The van der Waals surface area contributed by atoms with E-state index >= 15 is 0 Å². The highest BCUT2D eigenvalue weighted by molar-refractivity contribution is 9.10. The number of hydrogen-bond donors (Lipinski definition) is 0. The molecule has 0 fully saturated rings. The molecule has 0 aliphatic carbocycles. The summed E-state index contributed by atoms with van der Waals surface area (Å²) in [5, 5.41) is 0. The van der Waals surface area contributed by atoms with E-state index in [0.717, 1.165) is 6.20 Å². The van der Waals surface area contributed by atoms with Crippen molar-refractivity contribution >= 4 is 22.2 Å². The van der Waals surface area contributed by atoms with E-state index in [9.17, 15) is 13.6 Å². The topological polar surface area (TPSA) is 39.2 Å². The first-order valence-electron chi connectivity index (χ1n) is 5.21. The van der Waals surface area contributed by atoms with Gasteiger partial charge in [0.15, 0.2) is 17.9 Å². The number of nitrogens with zero attached hydrogens (tertiary/aromatic N) is 1. The zero-order valence-electron chi connectivity index (χ0n) is 9.78. The van der Waals surface area contributed by atoms with Crippen LogP contribution in [-0.2, 0) is 0 Å². The summed E-state index contributed by atoms with van der Waals surface area (Å²) in [6, 6.07) is 4.14. The quantitative estimate of drug-likeness (QED) is 0.638. The highest BCUT2D eigenvalue weighted by Gasteiger charge is 2.17. The van der Waals surface area contributed by atoms with Gasteiger partial charge in [-0.2, -0.15) is 0 Å². The van der Waals surface area contributed by atoms with Gasteiger partial charge in [0.25, 0.3) is 0 Å². The van der Waals surface area contributed by atoms with Crippen LogP contribution < -0.4 is 4.74 Å². The number of halogens is 3. The molecule has 0 amide bonds. The minimum absolute atomic E-state index is 0.0700. The van der Waals surface area contributed by atoms with Gasteiger partial charge in [0, 0.05) is 5.56 Å². The fraction of sp³-hybridized carbons (Fsp3) is 0.0769. The zero-order valence-corrected chi connectivity index (χ0v) is 11.4. The summed E-state index contributed by atoms with van der Waals surface area (Å²) in [6.45, 7) is 0. The highest BCUT2D eigenvalue weighted by atomic mass is 79.9. The van der Waals surface area contributed by atoms with Gasteiger partial charge in [-0.15, -0.1) is 0 Å². The van der Waals surface area contributed by atoms with E-state index < -0.39 is 11.6 Å². The number of carbonyl (C=O) groups is 1. The van der Waals surface area contributed by atoms with Crippen LogP contribution in [0, 0.1) is 11.6 Å². The molecule has 19 heavy (non-hydrogen) atoms. The second-order valence-electron chi connectivity index (χ2n) is 3.65. The number of pyridine rings is 1. The number of carbonyl (C=O) groups excluding carboxylic acids is 1. The Morgan fingerprint density at radius 1 is 1.32 bits per heavy atom. The van der Waals surface area contributed by atoms with Gasteiger partial charge in [-0.1, -0.05) is 0 Å². The normalized spacial score (nSPS) is 10.3. The van der Waals surface area contributed by atoms with E-state index in [-0.39, 0.29) is 22.4 Å². The van der Waals surface area contributed by atoms with Crippen LogP contribution in [0.1, 0.15) is 10.4 Å². The predicted octanol–water partition coefficient (Wildman–Crippen LogP) is 3.61. The van der Waals surface area contributed by atoms with Gasteiger partial charge < -0.3 is 4.74 Å². The number of ether oxygens (including phenoxy) is 1. The molecule has 0 aliphatic rings. The Morgan fingerprint density at radius 3 is 2.68 bits per heavy atom. The second-order valence-corrected chi connectivity index (χ2v) is 4.46. The molecule has 0 N–H and O–H groups in total. The average molecular weight is 328 g/mol. The van der Waals surface area contributed by atoms with Crippen molar-refractivity contribution in [2.24, 2.45) is 0 Å².